The number of likely N-dealkylation sites (tertiary alicyclic amines) is 1. The number of nitrogens with zero attached hydrogens (tertiary/aromatic N) is 2. The molecule has 1 atom stereocenters. The molecule has 2 heterocycles. The molecule has 0 radical (unpaired) electrons. The molecule has 0 amide bonds. The molecule has 1 aliphatic heterocycles. The Morgan fingerprint density at radius 3 is 3.06 bits per heavy atom. The van der Waals surface area contributed by atoms with Gasteiger partial charge in [-0.1, -0.05) is 0 Å². The Morgan fingerprint density at radius 2 is 2.41 bits per heavy atom. The molecule has 4 heteroatoms. The van der Waals surface area contributed by atoms with Gasteiger partial charge in [0.05, 0.1) is 12.8 Å². The minimum absolute atomic E-state index is 0.561. The van der Waals surface area contributed by atoms with Crippen LogP contribution in [0.25, 0.3) is 0 Å². The largest absolute Gasteiger partial charge is 0.468 e. The van der Waals surface area contributed by atoms with Crippen molar-refractivity contribution in [3.05, 3.63) is 23.7 Å². The highest BCUT2D eigenvalue weighted by Crippen LogP contribution is 2.17. The fraction of sp³-hybridized carbons (Fsp3) is 0.692. The lowest BCUT2D eigenvalue weighted by molar-refractivity contribution is 0.248. The fourth-order valence-corrected chi connectivity index (χ4v) is 2.61. The summed E-state index contributed by atoms with van der Waals surface area (Å²) in [7, 11) is 4.35. The molecule has 1 aliphatic rings. The summed E-state index contributed by atoms with van der Waals surface area (Å²) in [6, 6.07) is 1.96. The molecule has 2 N–H and O–H groups in total. The van der Waals surface area contributed by atoms with Crippen LogP contribution in [-0.2, 0) is 13.1 Å². The molecule has 96 valence electrons. The van der Waals surface area contributed by atoms with Crippen molar-refractivity contribution in [1.29, 1.82) is 0 Å². The van der Waals surface area contributed by atoms with Gasteiger partial charge in [-0.3, -0.25) is 4.90 Å². The van der Waals surface area contributed by atoms with Crippen LogP contribution in [0.4, 0.5) is 0 Å². The van der Waals surface area contributed by atoms with Gasteiger partial charge < -0.3 is 15.1 Å². The van der Waals surface area contributed by atoms with Crippen molar-refractivity contribution in [2.75, 3.05) is 33.7 Å². The fourth-order valence-electron chi connectivity index (χ4n) is 2.61. The Labute approximate surface area is 103 Å². The summed E-state index contributed by atoms with van der Waals surface area (Å²) in [6.07, 6.45) is 3.04. The number of nitrogens with two attached hydrogens (primary N) is 1. The van der Waals surface area contributed by atoms with Crippen molar-refractivity contribution >= 4 is 0 Å². The van der Waals surface area contributed by atoms with E-state index in [1.54, 1.807) is 6.26 Å². The number of furan rings is 1. The molecule has 1 saturated heterocycles. The molecule has 1 fully saturated rings. The molecule has 1 aromatic heterocycles. The molecule has 0 saturated carbocycles. The monoisotopic (exact) mass is 237 g/mol. The molecule has 0 aromatic carbocycles. The van der Waals surface area contributed by atoms with E-state index in [0.717, 1.165) is 30.3 Å². The second kappa shape index (κ2) is 5.67. The van der Waals surface area contributed by atoms with Crippen LogP contribution in [0, 0.1) is 5.92 Å². The van der Waals surface area contributed by atoms with Crippen LogP contribution in [0.1, 0.15) is 17.7 Å². The smallest absolute Gasteiger partial charge is 0.122 e. The SMILES string of the molecule is CN1CCC(CN(C)Cc2occc2CN)C1. The van der Waals surface area contributed by atoms with Crippen molar-refractivity contribution in [2.24, 2.45) is 11.7 Å². The van der Waals surface area contributed by atoms with E-state index in [-0.39, 0.29) is 0 Å². The van der Waals surface area contributed by atoms with Gasteiger partial charge in [0.2, 0.25) is 0 Å². The highest BCUT2D eigenvalue weighted by molar-refractivity contribution is 5.16. The maximum Gasteiger partial charge on any atom is 0.122 e. The van der Waals surface area contributed by atoms with E-state index in [0.29, 0.717) is 6.54 Å². The standard InChI is InChI=1S/C13H23N3O/c1-15-5-3-11(8-15)9-16(2)10-13-12(7-14)4-6-17-13/h4,6,11H,3,5,7-10,14H2,1-2H3. The van der Waals surface area contributed by atoms with Gasteiger partial charge >= 0.3 is 0 Å². The third-order valence-electron chi connectivity index (χ3n) is 3.53. The summed E-state index contributed by atoms with van der Waals surface area (Å²) < 4.78 is 5.48. The van der Waals surface area contributed by atoms with Crippen molar-refractivity contribution in [3.8, 4) is 0 Å². The number of hydrogen-bond donors (Lipinski definition) is 1. The Morgan fingerprint density at radius 1 is 1.59 bits per heavy atom. The lowest BCUT2D eigenvalue weighted by atomic mass is 10.1. The van der Waals surface area contributed by atoms with Crippen LogP contribution < -0.4 is 5.73 Å². The average Bonchev–Trinajstić information content (AvgIpc) is 2.87. The van der Waals surface area contributed by atoms with E-state index in [2.05, 4.69) is 23.9 Å². The molecule has 0 aliphatic carbocycles. The molecular formula is C13H23N3O. The van der Waals surface area contributed by atoms with Crippen molar-refractivity contribution in [1.82, 2.24) is 9.80 Å². The van der Waals surface area contributed by atoms with Gasteiger partial charge in [-0.05, 0) is 39.0 Å². The van der Waals surface area contributed by atoms with Gasteiger partial charge in [0.25, 0.3) is 0 Å². The first-order valence-electron chi connectivity index (χ1n) is 6.31. The molecule has 1 unspecified atom stereocenters. The summed E-state index contributed by atoms with van der Waals surface area (Å²) in [5, 5.41) is 0. The minimum Gasteiger partial charge on any atom is -0.468 e. The van der Waals surface area contributed by atoms with Gasteiger partial charge in [-0.2, -0.15) is 0 Å². The van der Waals surface area contributed by atoms with E-state index in [4.69, 9.17) is 10.2 Å². The molecular weight excluding hydrogens is 214 g/mol. The average molecular weight is 237 g/mol. The highest BCUT2D eigenvalue weighted by atomic mass is 16.3. The Bertz CT molecular complexity index is 350. The number of rotatable bonds is 5. The van der Waals surface area contributed by atoms with Crippen molar-refractivity contribution in [3.63, 3.8) is 0 Å². The first-order chi connectivity index (χ1) is 8.19. The predicted octanol–water partition coefficient (Wildman–Crippen LogP) is 1.12. The highest BCUT2D eigenvalue weighted by Gasteiger charge is 2.21. The van der Waals surface area contributed by atoms with E-state index in [9.17, 15) is 0 Å². The topological polar surface area (TPSA) is 45.6 Å². The van der Waals surface area contributed by atoms with Gasteiger partial charge in [-0.15, -0.1) is 0 Å². The van der Waals surface area contributed by atoms with Gasteiger partial charge in [0.15, 0.2) is 0 Å². The minimum atomic E-state index is 0.561. The predicted molar refractivity (Wildman–Crippen MR) is 68.5 cm³/mol. The first kappa shape index (κ1) is 12.6. The normalized spacial score (nSPS) is 21.5. The van der Waals surface area contributed by atoms with Crippen LogP contribution >= 0.6 is 0 Å². The van der Waals surface area contributed by atoms with E-state index < -0.39 is 0 Å². The molecule has 0 spiro atoms. The van der Waals surface area contributed by atoms with Crippen molar-refractivity contribution < 1.29 is 4.42 Å². The molecule has 0 bridgehead atoms. The molecule has 4 nitrogen and oxygen atoms in total. The molecule has 2 rings (SSSR count). The second-order valence-corrected chi connectivity index (χ2v) is 5.19. The quantitative estimate of drug-likeness (QED) is 0.833. The summed E-state index contributed by atoms with van der Waals surface area (Å²) in [6.45, 7) is 5.00. The Balaban J connectivity index is 1.83. The van der Waals surface area contributed by atoms with Crippen LogP contribution in [-0.4, -0.2) is 43.5 Å². The number of hydrogen-bond acceptors (Lipinski definition) is 4. The summed E-state index contributed by atoms with van der Waals surface area (Å²) in [5.74, 6) is 1.81. The lowest BCUT2D eigenvalue weighted by Gasteiger charge is -2.20. The van der Waals surface area contributed by atoms with E-state index in [1.807, 2.05) is 6.07 Å². The second-order valence-electron chi connectivity index (χ2n) is 5.19. The van der Waals surface area contributed by atoms with E-state index in [1.165, 1.54) is 19.5 Å². The summed E-state index contributed by atoms with van der Waals surface area (Å²) in [5.41, 5.74) is 6.79. The maximum absolute atomic E-state index is 5.67. The van der Waals surface area contributed by atoms with Crippen LogP contribution in [0.3, 0.4) is 0 Å². The Kier molecular flexibility index (Phi) is 4.20. The third kappa shape index (κ3) is 3.31. The zero-order valence-corrected chi connectivity index (χ0v) is 10.9. The summed E-state index contributed by atoms with van der Waals surface area (Å²) >= 11 is 0. The first-order valence-corrected chi connectivity index (χ1v) is 6.31. The molecule has 17 heavy (non-hydrogen) atoms. The van der Waals surface area contributed by atoms with Crippen LogP contribution in [0.2, 0.25) is 0 Å². The van der Waals surface area contributed by atoms with Crippen LogP contribution in [0.15, 0.2) is 16.7 Å². The maximum atomic E-state index is 5.67. The van der Waals surface area contributed by atoms with E-state index >= 15 is 0 Å². The van der Waals surface area contributed by atoms with Crippen molar-refractivity contribution in [2.45, 2.75) is 19.5 Å². The lowest BCUT2D eigenvalue weighted by Crippen LogP contribution is -2.27. The summed E-state index contributed by atoms with van der Waals surface area (Å²) in [4.78, 5) is 4.73. The Hall–Kier alpha value is -0.840. The van der Waals surface area contributed by atoms with Crippen LogP contribution in [0.5, 0.6) is 0 Å². The zero-order valence-electron chi connectivity index (χ0n) is 10.9. The zero-order chi connectivity index (χ0) is 12.3. The van der Waals surface area contributed by atoms with Gasteiger partial charge in [0.1, 0.15) is 5.76 Å². The van der Waals surface area contributed by atoms with Gasteiger partial charge in [-0.25, -0.2) is 0 Å². The molecule has 1 aromatic rings. The third-order valence-corrected chi connectivity index (χ3v) is 3.53. The van der Waals surface area contributed by atoms with Gasteiger partial charge in [0, 0.05) is 25.2 Å².